The van der Waals surface area contributed by atoms with E-state index in [1.807, 2.05) is 0 Å². The molecule has 1 rings (SSSR count). The molecule has 6 heteroatoms. The lowest BCUT2D eigenvalue weighted by Gasteiger charge is -2.09. The molecule has 0 spiro atoms. The Bertz CT molecular complexity index is 447. The average Bonchev–Trinajstić information content (AvgIpc) is 2.07. The van der Waals surface area contributed by atoms with Gasteiger partial charge in [0.25, 0.3) is 0 Å². The number of nitrogens with two attached hydrogens (primary N) is 1. The third-order valence-corrected chi connectivity index (χ3v) is 3.45. The maximum absolute atomic E-state index is 12.7. The fourth-order valence-corrected chi connectivity index (χ4v) is 1.67. The topological polar surface area (TPSA) is 60.2 Å². The molecule has 78 valence electrons. The van der Waals surface area contributed by atoms with Crippen LogP contribution < -0.4 is 5.14 Å². The molecule has 1 aromatic rings. The van der Waals surface area contributed by atoms with Gasteiger partial charge in [0.1, 0.15) is 5.82 Å². The molecular formula is C8H9ClFNO2S. The Morgan fingerprint density at radius 1 is 1.50 bits per heavy atom. The number of halogens is 2. The Morgan fingerprint density at radius 2 is 2.07 bits per heavy atom. The first-order valence-electron chi connectivity index (χ1n) is 3.79. The van der Waals surface area contributed by atoms with Crippen LogP contribution in [-0.2, 0) is 10.0 Å². The van der Waals surface area contributed by atoms with Gasteiger partial charge in [0.2, 0.25) is 10.0 Å². The zero-order chi connectivity index (χ0) is 10.9. The van der Waals surface area contributed by atoms with E-state index in [0.717, 1.165) is 6.07 Å². The molecule has 2 N–H and O–H groups in total. The van der Waals surface area contributed by atoms with Gasteiger partial charge < -0.3 is 0 Å². The first kappa shape index (κ1) is 11.4. The summed E-state index contributed by atoms with van der Waals surface area (Å²) in [5.41, 5.74) is 0.374. The van der Waals surface area contributed by atoms with Crippen LogP contribution in [0, 0.1) is 5.82 Å². The first-order chi connectivity index (χ1) is 6.32. The lowest BCUT2D eigenvalue weighted by atomic mass is 10.2. The summed E-state index contributed by atoms with van der Waals surface area (Å²) in [4.78, 5) is 0. The van der Waals surface area contributed by atoms with E-state index in [1.54, 1.807) is 0 Å². The molecule has 0 fully saturated rings. The van der Waals surface area contributed by atoms with Gasteiger partial charge in [-0.05, 0) is 24.6 Å². The molecule has 0 bridgehead atoms. The van der Waals surface area contributed by atoms with Crippen molar-refractivity contribution < 1.29 is 12.8 Å². The molecule has 0 aliphatic carbocycles. The molecule has 0 aliphatic rings. The normalized spacial score (nSPS) is 14.0. The van der Waals surface area contributed by atoms with Crippen molar-refractivity contribution in [1.82, 2.24) is 0 Å². The Morgan fingerprint density at radius 3 is 2.50 bits per heavy atom. The van der Waals surface area contributed by atoms with Crippen molar-refractivity contribution in [3.8, 4) is 0 Å². The molecule has 1 unspecified atom stereocenters. The SMILES string of the molecule is CC(c1ccc(F)c(Cl)c1)S(N)(=O)=O. The summed E-state index contributed by atoms with van der Waals surface area (Å²) in [7, 11) is -3.67. The van der Waals surface area contributed by atoms with Gasteiger partial charge in [0.15, 0.2) is 0 Å². The number of rotatable bonds is 2. The second-order valence-electron chi connectivity index (χ2n) is 2.90. The number of sulfonamides is 1. The minimum Gasteiger partial charge on any atom is -0.228 e. The predicted octanol–water partition coefficient (Wildman–Crippen LogP) is 1.83. The van der Waals surface area contributed by atoms with E-state index in [9.17, 15) is 12.8 Å². The first-order valence-corrected chi connectivity index (χ1v) is 5.77. The summed E-state index contributed by atoms with van der Waals surface area (Å²) in [5, 5.41) is 3.93. The largest absolute Gasteiger partial charge is 0.228 e. The van der Waals surface area contributed by atoms with Crippen LogP contribution in [0.1, 0.15) is 17.7 Å². The fraction of sp³-hybridized carbons (Fsp3) is 0.250. The molecule has 14 heavy (non-hydrogen) atoms. The van der Waals surface area contributed by atoms with Crippen molar-refractivity contribution in [3.63, 3.8) is 0 Å². The van der Waals surface area contributed by atoms with Crippen LogP contribution in [0.2, 0.25) is 5.02 Å². The quantitative estimate of drug-likeness (QED) is 0.853. The van der Waals surface area contributed by atoms with Crippen molar-refractivity contribution in [1.29, 1.82) is 0 Å². The zero-order valence-corrected chi connectivity index (χ0v) is 8.94. The van der Waals surface area contributed by atoms with Crippen LogP contribution in [0.5, 0.6) is 0 Å². The van der Waals surface area contributed by atoms with Crippen LogP contribution in [0.4, 0.5) is 4.39 Å². The molecule has 0 amide bonds. The Hall–Kier alpha value is -0.650. The smallest absolute Gasteiger partial charge is 0.215 e. The van der Waals surface area contributed by atoms with E-state index in [-0.39, 0.29) is 5.02 Å². The van der Waals surface area contributed by atoms with Crippen molar-refractivity contribution >= 4 is 21.6 Å². The van der Waals surface area contributed by atoms with E-state index in [4.69, 9.17) is 16.7 Å². The van der Waals surface area contributed by atoms with Crippen LogP contribution in [0.3, 0.4) is 0 Å². The minimum absolute atomic E-state index is 0.113. The number of hydrogen-bond donors (Lipinski definition) is 1. The van der Waals surface area contributed by atoms with Gasteiger partial charge in [0.05, 0.1) is 10.3 Å². The van der Waals surface area contributed by atoms with Crippen molar-refractivity contribution in [2.75, 3.05) is 0 Å². The Labute approximate surface area is 86.7 Å². The van der Waals surface area contributed by atoms with E-state index in [0.29, 0.717) is 5.56 Å². The van der Waals surface area contributed by atoms with Crippen LogP contribution in [0.25, 0.3) is 0 Å². The number of benzene rings is 1. The van der Waals surface area contributed by atoms with Gasteiger partial charge in [-0.2, -0.15) is 0 Å². The highest BCUT2D eigenvalue weighted by Crippen LogP contribution is 2.24. The molecule has 0 saturated heterocycles. The van der Waals surface area contributed by atoms with Crippen LogP contribution in [0.15, 0.2) is 18.2 Å². The molecule has 0 radical (unpaired) electrons. The molecular weight excluding hydrogens is 229 g/mol. The van der Waals surface area contributed by atoms with E-state index in [2.05, 4.69) is 0 Å². The van der Waals surface area contributed by atoms with Crippen molar-refractivity contribution in [2.45, 2.75) is 12.2 Å². The highest BCUT2D eigenvalue weighted by atomic mass is 35.5. The van der Waals surface area contributed by atoms with Crippen molar-refractivity contribution in [3.05, 3.63) is 34.6 Å². The summed E-state index contributed by atoms with van der Waals surface area (Å²) >= 11 is 5.50. The Kier molecular flexibility index (Phi) is 3.14. The summed E-state index contributed by atoms with van der Waals surface area (Å²) in [6.07, 6.45) is 0. The molecule has 0 aromatic heterocycles. The van der Waals surface area contributed by atoms with Gasteiger partial charge in [0, 0.05) is 0 Å². The maximum atomic E-state index is 12.7. The van der Waals surface area contributed by atoms with Gasteiger partial charge in [-0.15, -0.1) is 0 Å². The lowest BCUT2D eigenvalue weighted by Crippen LogP contribution is -2.19. The number of hydrogen-bond acceptors (Lipinski definition) is 2. The standard InChI is InChI=1S/C8H9ClFNO2S/c1-5(14(11,12)13)6-2-3-8(10)7(9)4-6/h2-5H,1H3,(H2,11,12,13). The summed E-state index contributed by atoms with van der Waals surface area (Å²) in [6.45, 7) is 1.42. The molecule has 3 nitrogen and oxygen atoms in total. The molecule has 1 atom stereocenters. The summed E-state index contributed by atoms with van der Waals surface area (Å²) in [5.74, 6) is -0.586. The van der Waals surface area contributed by atoms with Gasteiger partial charge in [-0.3, -0.25) is 0 Å². The van der Waals surface area contributed by atoms with E-state index >= 15 is 0 Å². The fourth-order valence-electron chi connectivity index (χ4n) is 0.955. The van der Waals surface area contributed by atoms with E-state index < -0.39 is 21.1 Å². The Balaban J connectivity index is 3.16. The highest BCUT2D eigenvalue weighted by Gasteiger charge is 2.18. The van der Waals surface area contributed by atoms with Gasteiger partial charge >= 0.3 is 0 Å². The molecule has 0 saturated carbocycles. The van der Waals surface area contributed by atoms with Gasteiger partial charge in [-0.25, -0.2) is 17.9 Å². The second-order valence-corrected chi connectivity index (χ2v) is 5.20. The van der Waals surface area contributed by atoms with E-state index in [1.165, 1.54) is 19.1 Å². The number of primary sulfonamides is 1. The lowest BCUT2D eigenvalue weighted by molar-refractivity contribution is 0.587. The van der Waals surface area contributed by atoms with Crippen LogP contribution in [-0.4, -0.2) is 8.42 Å². The molecule has 0 heterocycles. The second kappa shape index (κ2) is 3.84. The van der Waals surface area contributed by atoms with Gasteiger partial charge in [-0.1, -0.05) is 17.7 Å². The van der Waals surface area contributed by atoms with Crippen LogP contribution >= 0.6 is 11.6 Å². The molecule has 0 aliphatic heterocycles. The maximum Gasteiger partial charge on any atom is 0.215 e. The third-order valence-electron chi connectivity index (χ3n) is 1.91. The molecule has 1 aromatic carbocycles. The summed E-state index contributed by atoms with van der Waals surface area (Å²) in [6, 6.07) is 3.71. The predicted molar refractivity (Wildman–Crippen MR) is 52.9 cm³/mol. The minimum atomic E-state index is -3.67. The zero-order valence-electron chi connectivity index (χ0n) is 7.37. The monoisotopic (exact) mass is 237 g/mol. The summed E-state index contributed by atoms with van der Waals surface area (Å²) < 4.78 is 34.7. The highest BCUT2D eigenvalue weighted by molar-refractivity contribution is 7.89. The third kappa shape index (κ3) is 2.43. The average molecular weight is 238 g/mol. The van der Waals surface area contributed by atoms with Crippen molar-refractivity contribution in [2.24, 2.45) is 5.14 Å².